The van der Waals surface area contributed by atoms with E-state index in [0.29, 0.717) is 17.2 Å². The van der Waals surface area contributed by atoms with Gasteiger partial charge in [-0.1, -0.05) is 11.6 Å². The normalized spacial score (nSPS) is 20.8. The van der Waals surface area contributed by atoms with E-state index in [4.69, 9.17) is 25.6 Å². The standard InChI is InChI=1S/C13H19BClNO3/c1-12(2)13(3,4)19-14(18-12)11-10(15)6-9(7-16-11)8-17-5/h6-7H,8H2,1-5H3. The lowest BCUT2D eigenvalue weighted by molar-refractivity contribution is 0.00578. The van der Waals surface area contributed by atoms with Gasteiger partial charge in [0.05, 0.1) is 28.4 Å². The van der Waals surface area contributed by atoms with Crippen LogP contribution in [-0.4, -0.2) is 30.4 Å². The molecule has 1 aliphatic heterocycles. The average molecular weight is 284 g/mol. The number of methoxy groups -OCH3 is 1. The number of aromatic nitrogens is 1. The summed E-state index contributed by atoms with van der Waals surface area (Å²) in [5.41, 5.74) is 0.745. The van der Waals surface area contributed by atoms with E-state index >= 15 is 0 Å². The molecule has 1 aromatic heterocycles. The number of rotatable bonds is 3. The molecule has 1 aromatic rings. The summed E-state index contributed by atoms with van der Waals surface area (Å²) in [5.74, 6) is 0. The maximum Gasteiger partial charge on any atom is 0.516 e. The second kappa shape index (κ2) is 5.06. The highest BCUT2D eigenvalue weighted by atomic mass is 35.5. The lowest BCUT2D eigenvalue weighted by Crippen LogP contribution is -2.41. The summed E-state index contributed by atoms with van der Waals surface area (Å²) in [6.45, 7) is 8.48. The molecule has 19 heavy (non-hydrogen) atoms. The van der Waals surface area contributed by atoms with Crippen LogP contribution in [0.3, 0.4) is 0 Å². The van der Waals surface area contributed by atoms with E-state index in [2.05, 4.69) is 4.98 Å². The van der Waals surface area contributed by atoms with Gasteiger partial charge in [-0.2, -0.15) is 0 Å². The van der Waals surface area contributed by atoms with Crippen LogP contribution in [0.2, 0.25) is 5.02 Å². The minimum Gasteiger partial charge on any atom is -0.398 e. The van der Waals surface area contributed by atoms with E-state index in [1.54, 1.807) is 13.3 Å². The van der Waals surface area contributed by atoms with Gasteiger partial charge in [0.1, 0.15) is 0 Å². The van der Waals surface area contributed by atoms with Gasteiger partial charge in [0.25, 0.3) is 0 Å². The van der Waals surface area contributed by atoms with Crippen molar-refractivity contribution in [2.45, 2.75) is 45.5 Å². The Labute approximate surface area is 119 Å². The van der Waals surface area contributed by atoms with E-state index in [1.165, 1.54) is 0 Å². The van der Waals surface area contributed by atoms with Gasteiger partial charge in [-0.25, -0.2) is 0 Å². The SMILES string of the molecule is COCc1cnc(B2OC(C)(C)C(C)(C)O2)c(Cl)c1. The van der Waals surface area contributed by atoms with Gasteiger partial charge in [0.2, 0.25) is 0 Å². The molecule has 0 amide bonds. The number of hydrogen-bond acceptors (Lipinski definition) is 4. The predicted octanol–water partition coefficient (Wildman–Crippen LogP) is 2.18. The Morgan fingerprint density at radius 3 is 2.32 bits per heavy atom. The van der Waals surface area contributed by atoms with E-state index < -0.39 is 18.3 Å². The Kier molecular flexibility index (Phi) is 3.93. The third-order valence-corrected chi connectivity index (χ3v) is 4.02. The van der Waals surface area contributed by atoms with E-state index in [0.717, 1.165) is 5.56 Å². The summed E-state index contributed by atoms with van der Waals surface area (Å²) in [6.07, 6.45) is 1.73. The van der Waals surface area contributed by atoms with Gasteiger partial charge in [0.15, 0.2) is 0 Å². The maximum absolute atomic E-state index is 6.25. The monoisotopic (exact) mass is 283 g/mol. The molecule has 0 spiro atoms. The van der Waals surface area contributed by atoms with Crippen molar-refractivity contribution in [1.29, 1.82) is 0 Å². The lowest BCUT2D eigenvalue weighted by Gasteiger charge is -2.32. The minimum absolute atomic E-state index is 0.395. The van der Waals surface area contributed by atoms with Crippen LogP contribution >= 0.6 is 11.6 Å². The highest BCUT2D eigenvalue weighted by molar-refractivity contribution is 6.64. The molecule has 2 rings (SSSR count). The summed E-state index contributed by atoms with van der Waals surface area (Å²) in [4.78, 5) is 4.35. The predicted molar refractivity (Wildman–Crippen MR) is 75.7 cm³/mol. The van der Waals surface area contributed by atoms with Crippen LogP contribution in [0.1, 0.15) is 33.3 Å². The molecule has 0 radical (unpaired) electrons. The quantitative estimate of drug-likeness (QED) is 0.797. The van der Waals surface area contributed by atoms with Crippen molar-refractivity contribution in [3.8, 4) is 0 Å². The van der Waals surface area contributed by atoms with Gasteiger partial charge < -0.3 is 14.0 Å². The van der Waals surface area contributed by atoms with Gasteiger partial charge >= 0.3 is 7.12 Å². The van der Waals surface area contributed by atoms with Crippen LogP contribution < -0.4 is 5.59 Å². The van der Waals surface area contributed by atoms with Gasteiger partial charge in [-0.3, -0.25) is 4.98 Å². The Morgan fingerprint density at radius 2 is 1.84 bits per heavy atom. The third kappa shape index (κ3) is 2.79. The fourth-order valence-electron chi connectivity index (χ4n) is 1.86. The number of nitrogens with zero attached hydrogens (tertiary/aromatic N) is 1. The minimum atomic E-state index is -0.533. The molecular formula is C13H19BClNO3. The van der Waals surface area contributed by atoms with Crippen molar-refractivity contribution < 1.29 is 14.0 Å². The van der Waals surface area contributed by atoms with E-state index in [-0.39, 0.29) is 0 Å². The Hall–Kier alpha value is -0.615. The van der Waals surface area contributed by atoms with Crippen molar-refractivity contribution in [3.63, 3.8) is 0 Å². The molecule has 2 heterocycles. The van der Waals surface area contributed by atoms with Gasteiger partial charge in [0, 0.05) is 13.3 Å². The third-order valence-electron chi connectivity index (χ3n) is 3.71. The molecule has 0 N–H and O–H groups in total. The fraction of sp³-hybridized carbons (Fsp3) is 0.615. The molecule has 0 atom stereocenters. The van der Waals surface area contributed by atoms with Crippen molar-refractivity contribution in [3.05, 3.63) is 22.8 Å². The van der Waals surface area contributed by atoms with Gasteiger partial charge in [-0.15, -0.1) is 0 Å². The van der Waals surface area contributed by atoms with E-state index in [9.17, 15) is 0 Å². The number of ether oxygens (including phenoxy) is 1. The largest absolute Gasteiger partial charge is 0.516 e. The molecule has 0 aromatic carbocycles. The zero-order chi connectivity index (χ0) is 14.3. The molecule has 0 unspecified atom stereocenters. The number of hydrogen-bond donors (Lipinski definition) is 0. The molecule has 1 aliphatic rings. The molecule has 1 saturated heterocycles. The van der Waals surface area contributed by atoms with Crippen molar-refractivity contribution in [2.24, 2.45) is 0 Å². The van der Waals surface area contributed by atoms with Crippen molar-refractivity contribution in [1.82, 2.24) is 4.98 Å². The topological polar surface area (TPSA) is 40.6 Å². The Morgan fingerprint density at radius 1 is 1.26 bits per heavy atom. The highest BCUT2D eigenvalue weighted by Crippen LogP contribution is 2.36. The maximum atomic E-state index is 6.25. The van der Waals surface area contributed by atoms with E-state index in [1.807, 2.05) is 33.8 Å². The first-order valence-electron chi connectivity index (χ1n) is 6.26. The average Bonchev–Trinajstić information content (AvgIpc) is 2.48. The molecule has 0 saturated carbocycles. The number of halogens is 1. The summed E-state index contributed by atoms with van der Waals surface area (Å²) in [7, 11) is 1.10. The molecule has 6 heteroatoms. The van der Waals surface area contributed by atoms with Crippen LogP contribution in [0.4, 0.5) is 0 Å². The highest BCUT2D eigenvalue weighted by Gasteiger charge is 2.52. The first kappa shape index (κ1) is 14.8. The molecule has 4 nitrogen and oxygen atoms in total. The summed E-state index contributed by atoms with van der Waals surface area (Å²) < 4.78 is 16.9. The second-order valence-electron chi connectivity index (χ2n) is 5.73. The summed E-state index contributed by atoms with van der Waals surface area (Å²) in [6, 6.07) is 1.83. The molecule has 0 aliphatic carbocycles. The summed E-state index contributed by atoms with van der Waals surface area (Å²) >= 11 is 6.25. The van der Waals surface area contributed by atoms with Crippen LogP contribution in [0.5, 0.6) is 0 Å². The Bertz CT molecular complexity index is 463. The van der Waals surface area contributed by atoms with Crippen LogP contribution in [0, 0.1) is 0 Å². The first-order chi connectivity index (χ1) is 8.77. The zero-order valence-corrected chi connectivity index (χ0v) is 12.7. The van der Waals surface area contributed by atoms with Crippen LogP contribution in [0.15, 0.2) is 12.3 Å². The number of pyridine rings is 1. The lowest BCUT2D eigenvalue weighted by atomic mass is 9.84. The first-order valence-corrected chi connectivity index (χ1v) is 6.63. The second-order valence-corrected chi connectivity index (χ2v) is 6.14. The molecular weight excluding hydrogens is 264 g/mol. The van der Waals surface area contributed by atoms with Gasteiger partial charge in [-0.05, 0) is 39.3 Å². The Balaban J connectivity index is 2.25. The molecule has 104 valence electrons. The van der Waals surface area contributed by atoms with Crippen LogP contribution in [-0.2, 0) is 20.7 Å². The van der Waals surface area contributed by atoms with Crippen molar-refractivity contribution >= 4 is 24.3 Å². The van der Waals surface area contributed by atoms with Crippen molar-refractivity contribution in [2.75, 3.05) is 7.11 Å². The molecule has 1 fully saturated rings. The molecule has 0 bridgehead atoms. The zero-order valence-electron chi connectivity index (χ0n) is 12.0. The fourth-order valence-corrected chi connectivity index (χ4v) is 2.14. The van der Waals surface area contributed by atoms with Crippen LogP contribution in [0.25, 0.3) is 0 Å². The summed E-state index contributed by atoms with van der Waals surface area (Å²) in [5, 5.41) is 0.535. The smallest absolute Gasteiger partial charge is 0.398 e.